The van der Waals surface area contributed by atoms with Gasteiger partial charge in [0, 0.05) is 19.3 Å². The third-order valence-corrected chi connectivity index (χ3v) is 1.06. The lowest BCUT2D eigenvalue weighted by molar-refractivity contribution is 0.0932. The molecule has 0 saturated carbocycles. The zero-order valence-corrected chi connectivity index (χ0v) is 5.44. The van der Waals surface area contributed by atoms with Gasteiger partial charge in [-0.2, -0.15) is 0 Å². The van der Waals surface area contributed by atoms with Gasteiger partial charge in [-0.3, -0.25) is 19.1 Å². The molecule has 0 aromatic carbocycles. The summed E-state index contributed by atoms with van der Waals surface area (Å²) in [7, 11) is 0. The Balaban J connectivity index is 3.29. The van der Waals surface area contributed by atoms with Crippen LogP contribution in [0.2, 0.25) is 0 Å². The summed E-state index contributed by atoms with van der Waals surface area (Å²) in [5.74, 6) is -0.299. The van der Waals surface area contributed by atoms with Gasteiger partial charge in [0.25, 0.3) is 5.56 Å². The van der Waals surface area contributed by atoms with E-state index in [1.165, 1.54) is 19.3 Å². The topological polar surface area (TPSA) is 52.0 Å². The van der Waals surface area contributed by atoms with Crippen molar-refractivity contribution in [3.8, 4) is 0 Å². The molecule has 0 spiro atoms. The largest absolute Gasteiger partial charge is 0.275 e. The summed E-state index contributed by atoms with van der Waals surface area (Å²) in [6, 6.07) is 0. The Kier molecular flexibility index (Phi) is 1.62. The second-order valence-corrected chi connectivity index (χ2v) is 1.80. The van der Waals surface area contributed by atoms with E-state index >= 15 is 0 Å². The lowest BCUT2D eigenvalue weighted by Crippen LogP contribution is -2.23. The van der Waals surface area contributed by atoms with Crippen LogP contribution >= 0.6 is 0 Å². The van der Waals surface area contributed by atoms with Crippen LogP contribution in [0.25, 0.3) is 0 Å². The quantitative estimate of drug-likeness (QED) is 0.503. The third-order valence-electron chi connectivity index (χ3n) is 1.06. The Morgan fingerprint density at radius 1 is 1.70 bits per heavy atom. The lowest BCUT2D eigenvalue weighted by atomic mass is 10.6. The molecule has 0 N–H and O–H groups in total. The van der Waals surface area contributed by atoms with Crippen LogP contribution < -0.4 is 5.56 Å². The second kappa shape index (κ2) is 2.43. The third kappa shape index (κ3) is 1.10. The molecule has 0 amide bonds. The highest BCUT2D eigenvalue weighted by Crippen LogP contribution is 1.76. The number of nitrogens with zero attached hydrogens (tertiary/aromatic N) is 2. The number of carbonyl (C=O) groups excluding carboxylic acids is 1. The van der Waals surface area contributed by atoms with E-state index < -0.39 is 5.56 Å². The molecule has 0 aliphatic rings. The molecule has 0 bridgehead atoms. The molecule has 0 unspecified atom stereocenters. The molecule has 0 saturated heterocycles. The van der Waals surface area contributed by atoms with Gasteiger partial charge in [-0.1, -0.05) is 0 Å². The molecule has 0 aliphatic heterocycles. The minimum Gasteiger partial charge on any atom is -0.274 e. The highest BCUT2D eigenvalue weighted by molar-refractivity contribution is 5.75. The van der Waals surface area contributed by atoms with Crippen molar-refractivity contribution in [2.75, 3.05) is 0 Å². The first-order chi connectivity index (χ1) is 4.72. The smallest absolute Gasteiger partial charge is 0.274 e. The minimum absolute atomic E-state index is 0.299. The van der Waals surface area contributed by atoms with Crippen LogP contribution in [0.1, 0.15) is 11.7 Å². The van der Waals surface area contributed by atoms with E-state index in [0.717, 1.165) is 10.8 Å². The van der Waals surface area contributed by atoms with Gasteiger partial charge >= 0.3 is 0 Å². The highest BCUT2D eigenvalue weighted by Gasteiger charge is 1.96. The summed E-state index contributed by atoms with van der Waals surface area (Å²) in [4.78, 5) is 24.9. The highest BCUT2D eigenvalue weighted by atomic mass is 16.2. The van der Waals surface area contributed by atoms with E-state index in [0.29, 0.717) is 0 Å². The van der Waals surface area contributed by atoms with Crippen molar-refractivity contribution in [3.05, 3.63) is 28.9 Å². The van der Waals surface area contributed by atoms with E-state index in [2.05, 4.69) is 4.98 Å². The van der Waals surface area contributed by atoms with E-state index in [-0.39, 0.29) is 5.91 Å². The normalized spacial score (nSPS) is 9.30. The molecule has 1 aromatic heterocycles. The van der Waals surface area contributed by atoms with Crippen molar-refractivity contribution in [1.82, 2.24) is 9.55 Å². The van der Waals surface area contributed by atoms with E-state index in [4.69, 9.17) is 0 Å². The summed E-state index contributed by atoms with van der Waals surface area (Å²) in [6.07, 6.45) is 3.83. The molecule has 4 nitrogen and oxygen atoms in total. The SMILES string of the molecule is CC(=O)n1ccncc1=O. The molecule has 52 valence electrons. The first-order valence-corrected chi connectivity index (χ1v) is 2.75. The maximum absolute atomic E-state index is 10.7. The molecular formula is C6H6N2O2. The number of aromatic nitrogens is 2. The molecule has 1 aromatic rings. The first-order valence-electron chi connectivity index (χ1n) is 2.75. The zero-order chi connectivity index (χ0) is 7.56. The molecule has 0 fully saturated rings. The average Bonchev–Trinajstić information content (AvgIpc) is 1.88. The van der Waals surface area contributed by atoms with Crippen molar-refractivity contribution < 1.29 is 4.79 Å². The summed E-state index contributed by atoms with van der Waals surface area (Å²) in [5, 5.41) is 0. The van der Waals surface area contributed by atoms with Crippen LogP contribution in [0.4, 0.5) is 0 Å². The number of hydrogen-bond donors (Lipinski definition) is 0. The van der Waals surface area contributed by atoms with E-state index in [9.17, 15) is 9.59 Å². The van der Waals surface area contributed by atoms with Crippen LogP contribution in [0, 0.1) is 0 Å². The molecular weight excluding hydrogens is 132 g/mol. The van der Waals surface area contributed by atoms with Crippen LogP contribution in [0.5, 0.6) is 0 Å². The molecule has 0 aliphatic carbocycles. The predicted molar refractivity (Wildman–Crippen MR) is 34.8 cm³/mol. The van der Waals surface area contributed by atoms with Crippen LogP contribution in [0.3, 0.4) is 0 Å². The van der Waals surface area contributed by atoms with Gasteiger partial charge in [-0.15, -0.1) is 0 Å². The van der Waals surface area contributed by atoms with Gasteiger partial charge in [0.05, 0.1) is 6.20 Å². The van der Waals surface area contributed by atoms with E-state index in [1.807, 2.05) is 0 Å². The molecule has 10 heavy (non-hydrogen) atoms. The summed E-state index contributed by atoms with van der Waals surface area (Å²) in [5.41, 5.74) is -0.394. The van der Waals surface area contributed by atoms with Gasteiger partial charge in [0.2, 0.25) is 5.91 Å². The zero-order valence-electron chi connectivity index (χ0n) is 5.44. The fraction of sp³-hybridized carbons (Fsp3) is 0.167. The lowest BCUT2D eigenvalue weighted by Gasteiger charge is -1.94. The summed E-state index contributed by atoms with van der Waals surface area (Å²) in [6.45, 7) is 1.32. The summed E-state index contributed by atoms with van der Waals surface area (Å²) >= 11 is 0. The molecule has 1 rings (SSSR count). The Hall–Kier alpha value is -1.45. The van der Waals surface area contributed by atoms with Gasteiger partial charge in [-0.25, -0.2) is 0 Å². The van der Waals surface area contributed by atoms with Gasteiger partial charge < -0.3 is 0 Å². The van der Waals surface area contributed by atoms with E-state index in [1.54, 1.807) is 0 Å². The van der Waals surface area contributed by atoms with Crippen LogP contribution in [-0.2, 0) is 0 Å². The number of rotatable bonds is 0. The van der Waals surface area contributed by atoms with Crippen molar-refractivity contribution in [3.63, 3.8) is 0 Å². The first kappa shape index (κ1) is 6.67. The monoisotopic (exact) mass is 138 g/mol. The minimum atomic E-state index is -0.394. The molecule has 1 heterocycles. The molecule has 0 atom stereocenters. The predicted octanol–water partition coefficient (Wildman–Crippen LogP) is -0.0966. The van der Waals surface area contributed by atoms with Crippen molar-refractivity contribution in [2.24, 2.45) is 0 Å². The van der Waals surface area contributed by atoms with Crippen molar-refractivity contribution >= 4 is 5.91 Å². The number of carbonyl (C=O) groups is 1. The van der Waals surface area contributed by atoms with Crippen molar-refractivity contribution in [1.29, 1.82) is 0 Å². The standard InChI is InChI=1S/C6H6N2O2/c1-5(9)8-3-2-7-4-6(8)10/h2-4H,1H3. The van der Waals surface area contributed by atoms with Gasteiger partial charge in [-0.05, 0) is 0 Å². The van der Waals surface area contributed by atoms with Crippen LogP contribution in [-0.4, -0.2) is 15.5 Å². The fourth-order valence-electron chi connectivity index (χ4n) is 0.608. The van der Waals surface area contributed by atoms with Crippen LogP contribution in [0.15, 0.2) is 23.4 Å². The Morgan fingerprint density at radius 2 is 2.40 bits per heavy atom. The number of hydrogen-bond acceptors (Lipinski definition) is 3. The molecule has 0 radical (unpaired) electrons. The molecule has 4 heteroatoms. The average molecular weight is 138 g/mol. The summed E-state index contributed by atoms with van der Waals surface area (Å²) < 4.78 is 0.993. The maximum Gasteiger partial charge on any atom is 0.275 e. The fourth-order valence-corrected chi connectivity index (χ4v) is 0.608. The van der Waals surface area contributed by atoms with Gasteiger partial charge in [0.1, 0.15) is 0 Å². The Morgan fingerprint density at radius 3 is 2.80 bits per heavy atom. The van der Waals surface area contributed by atoms with Crippen molar-refractivity contribution in [2.45, 2.75) is 6.92 Å². The Labute approximate surface area is 57.1 Å². The van der Waals surface area contributed by atoms with Gasteiger partial charge in [0.15, 0.2) is 0 Å². The second-order valence-electron chi connectivity index (χ2n) is 1.80. The Bertz CT molecular complexity index is 303. The maximum atomic E-state index is 10.7.